The number of nitriles is 1. The van der Waals surface area contributed by atoms with E-state index in [4.69, 9.17) is 10.00 Å². The van der Waals surface area contributed by atoms with E-state index in [2.05, 4.69) is 30.5 Å². The minimum Gasteiger partial charge on any atom is -0.495 e. The van der Waals surface area contributed by atoms with Gasteiger partial charge in [0.05, 0.1) is 30.1 Å². The summed E-state index contributed by atoms with van der Waals surface area (Å²) in [6, 6.07) is 7.19. The largest absolute Gasteiger partial charge is 0.495 e. The first-order valence-electron chi connectivity index (χ1n) is 3.99. The predicted octanol–water partition coefficient (Wildman–Crippen LogP) is 1.85. The van der Waals surface area contributed by atoms with Crippen LogP contribution in [-0.2, 0) is 0 Å². The van der Waals surface area contributed by atoms with Gasteiger partial charge in [-0.1, -0.05) is 11.8 Å². The molecule has 0 aliphatic rings. The number of ether oxygens (including phenoxy) is 1. The summed E-state index contributed by atoms with van der Waals surface area (Å²) in [4.78, 5) is 0. The fourth-order valence-corrected chi connectivity index (χ4v) is 1.09. The normalized spacial score (nSPS) is 8.36. The van der Waals surface area contributed by atoms with Crippen LogP contribution in [0.1, 0.15) is 11.1 Å². The molecule has 0 aliphatic heterocycles. The molecule has 0 N–H and O–H groups in total. The summed E-state index contributed by atoms with van der Waals surface area (Å²) in [6.07, 6.45) is 0. The molecule has 0 radical (unpaired) electrons. The second kappa shape index (κ2) is 5.21. The van der Waals surface area contributed by atoms with Crippen molar-refractivity contribution in [1.82, 2.24) is 0 Å². The summed E-state index contributed by atoms with van der Waals surface area (Å²) in [5.41, 5.74) is 1.30. The van der Waals surface area contributed by atoms with Crippen molar-refractivity contribution in [3.05, 3.63) is 29.3 Å². The van der Waals surface area contributed by atoms with E-state index in [9.17, 15) is 0 Å². The molecule has 0 fully saturated rings. The fraction of sp³-hybridized carbons (Fsp3) is 0.182. The highest BCUT2D eigenvalue weighted by Crippen LogP contribution is 2.18. The van der Waals surface area contributed by atoms with Crippen molar-refractivity contribution in [3.63, 3.8) is 0 Å². The topological polar surface area (TPSA) is 33.0 Å². The zero-order valence-corrected chi connectivity index (χ0v) is 8.64. The Balaban J connectivity index is 3.16. The zero-order chi connectivity index (χ0) is 10.4. The molecule has 1 rings (SSSR count). The van der Waals surface area contributed by atoms with Crippen molar-refractivity contribution in [3.8, 4) is 23.7 Å². The summed E-state index contributed by atoms with van der Waals surface area (Å²) in [5.74, 6) is 6.87. The molecule has 1 aromatic rings. The Kier molecular flexibility index (Phi) is 3.91. The molecule has 0 heterocycles. The van der Waals surface area contributed by atoms with Crippen LogP contribution < -0.4 is 4.74 Å². The number of nitrogens with zero attached hydrogens (tertiary/aromatic N) is 1. The van der Waals surface area contributed by atoms with Crippen molar-refractivity contribution in [2.75, 3.05) is 12.9 Å². The van der Waals surface area contributed by atoms with Crippen LogP contribution in [-0.4, -0.2) is 12.9 Å². The van der Waals surface area contributed by atoms with E-state index in [1.54, 1.807) is 25.3 Å². The van der Waals surface area contributed by atoms with Crippen LogP contribution >= 0.6 is 12.6 Å². The van der Waals surface area contributed by atoms with Gasteiger partial charge in [-0.25, -0.2) is 0 Å². The second-order valence-corrected chi connectivity index (χ2v) is 2.80. The highest BCUT2D eigenvalue weighted by atomic mass is 32.1. The van der Waals surface area contributed by atoms with Gasteiger partial charge in [0.15, 0.2) is 0 Å². The fourth-order valence-electron chi connectivity index (χ4n) is 1.01. The van der Waals surface area contributed by atoms with Crippen molar-refractivity contribution in [1.29, 1.82) is 5.26 Å². The predicted molar refractivity (Wildman–Crippen MR) is 58.4 cm³/mol. The van der Waals surface area contributed by atoms with E-state index in [0.717, 1.165) is 5.56 Å². The summed E-state index contributed by atoms with van der Waals surface area (Å²) in [5, 5.41) is 8.70. The van der Waals surface area contributed by atoms with Crippen LogP contribution in [0, 0.1) is 23.2 Å². The minimum atomic E-state index is 0.486. The standard InChI is InChI=1S/C11H9NOS/c1-13-11-5-4-9(8-12)7-10(11)3-2-6-14/h4-5,7,14H,6H2,1H3. The van der Waals surface area contributed by atoms with E-state index in [1.165, 1.54) is 0 Å². The van der Waals surface area contributed by atoms with E-state index in [-0.39, 0.29) is 0 Å². The molecule has 0 saturated carbocycles. The summed E-state index contributed by atoms with van der Waals surface area (Å²) < 4.78 is 5.11. The van der Waals surface area contributed by atoms with Gasteiger partial charge >= 0.3 is 0 Å². The monoisotopic (exact) mass is 203 g/mol. The molecule has 0 saturated heterocycles. The quantitative estimate of drug-likeness (QED) is 0.558. The van der Waals surface area contributed by atoms with Crippen LogP contribution in [0.25, 0.3) is 0 Å². The third-order valence-corrected chi connectivity index (χ3v) is 1.79. The molecular formula is C11H9NOS. The number of thiol groups is 1. The van der Waals surface area contributed by atoms with Gasteiger partial charge < -0.3 is 4.74 Å². The molecule has 0 spiro atoms. The minimum absolute atomic E-state index is 0.486. The van der Waals surface area contributed by atoms with E-state index >= 15 is 0 Å². The molecule has 14 heavy (non-hydrogen) atoms. The Morgan fingerprint density at radius 2 is 2.29 bits per heavy atom. The Hall–Kier alpha value is -1.58. The Morgan fingerprint density at radius 3 is 2.86 bits per heavy atom. The first-order valence-corrected chi connectivity index (χ1v) is 4.63. The summed E-state index contributed by atoms with van der Waals surface area (Å²) >= 11 is 3.98. The van der Waals surface area contributed by atoms with Gasteiger partial charge in [0.25, 0.3) is 0 Å². The van der Waals surface area contributed by atoms with Gasteiger partial charge in [0.2, 0.25) is 0 Å². The van der Waals surface area contributed by atoms with Gasteiger partial charge in [-0.05, 0) is 18.2 Å². The van der Waals surface area contributed by atoms with Gasteiger partial charge in [-0.15, -0.1) is 0 Å². The smallest absolute Gasteiger partial charge is 0.134 e. The number of rotatable bonds is 1. The maximum Gasteiger partial charge on any atom is 0.134 e. The molecule has 3 heteroatoms. The Labute approximate surface area is 88.9 Å². The van der Waals surface area contributed by atoms with Crippen molar-refractivity contribution < 1.29 is 4.74 Å². The first kappa shape index (κ1) is 10.5. The lowest BCUT2D eigenvalue weighted by molar-refractivity contribution is 0.413. The SMILES string of the molecule is COc1ccc(C#N)cc1C#CCS. The highest BCUT2D eigenvalue weighted by molar-refractivity contribution is 7.80. The Bertz CT molecular complexity index is 423. The molecule has 0 aromatic heterocycles. The third-order valence-electron chi connectivity index (χ3n) is 1.63. The number of hydrogen-bond donors (Lipinski definition) is 1. The molecule has 0 unspecified atom stereocenters. The van der Waals surface area contributed by atoms with E-state index in [1.807, 2.05) is 0 Å². The summed E-state index contributed by atoms with van der Waals surface area (Å²) in [7, 11) is 1.58. The number of benzene rings is 1. The lowest BCUT2D eigenvalue weighted by atomic mass is 10.1. The average Bonchev–Trinajstić information content (AvgIpc) is 2.25. The molecule has 0 aliphatic carbocycles. The molecule has 2 nitrogen and oxygen atoms in total. The van der Waals surface area contributed by atoms with Crippen molar-refractivity contribution in [2.24, 2.45) is 0 Å². The second-order valence-electron chi connectivity index (χ2n) is 2.49. The number of hydrogen-bond acceptors (Lipinski definition) is 3. The molecule has 0 amide bonds. The van der Waals surface area contributed by atoms with Gasteiger partial charge in [-0.3, -0.25) is 0 Å². The van der Waals surface area contributed by atoms with Crippen molar-refractivity contribution >= 4 is 12.6 Å². The van der Waals surface area contributed by atoms with Crippen LogP contribution in [0.4, 0.5) is 0 Å². The molecule has 70 valence electrons. The lowest BCUT2D eigenvalue weighted by Crippen LogP contribution is -1.88. The Morgan fingerprint density at radius 1 is 1.50 bits per heavy atom. The van der Waals surface area contributed by atoms with Crippen molar-refractivity contribution in [2.45, 2.75) is 0 Å². The van der Waals surface area contributed by atoms with Crippen LogP contribution in [0.3, 0.4) is 0 Å². The average molecular weight is 203 g/mol. The van der Waals surface area contributed by atoms with Crippen LogP contribution in [0.15, 0.2) is 18.2 Å². The maximum absolute atomic E-state index is 8.70. The van der Waals surface area contributed by atoms with Gasteiger partial charge in [0, 0.05) is 0 Å². The van der Waals surface area contributed by atoms with E-state index in [0.29, 0.717) is 17.1 Å². The van der Waals surface area contributed by atoms with Crippen LogP contribution in [0.5, 0.6) is 5.75 Å². The lowest BCUT2D eigenvalue weighted by Gasteiger charge is -2.02. The zero-order valence-electron chi connectivity index (χ0n) is 7.74. The summed E-state index contributed by atoms with van der Waals surface area (Å²) in [6.45, 7) is 0. The van der Waals surface area contributed by atoms with Gasteiger partial charge in [0.1, 0.15) is 5.75 Å². The molecular weight excluding hydrogens is 194 g/mol. The number of methoxy groups -OCH3 is 1. The maximum atomic E-state index is 8.70. The highest BCUT2D eigenvalue weighted by Gasteiger charge is 2.00. The molecule has 0 atom stereocenters. The van der Waals surface area contributed by atoms with E-state index < -0.39 is 0 Å². The van der Waals surface area contributed by atoms with Crippen LogP contribution in [0.2, 0.25) is 0 Å². The third kappa shape index (κ3) is 2.45. The molecule has 1 aromatic carbocycles. The molecule has 0 bridgehead atoms. The first-order chi connectivity index (χ1) is 6.81. The van der Waals surface area contributed by atoms with Gasteiger partial charge in [-0.2, -0.15) is 17.9 Å².